The van der Waals surface area contributed by atoms with E-state index in [1.165, 1.54) is 24.5 Å². The number of hydrogen-bond acceptors (Lipinski definition) is 7. The normalized spacial score (nSPS) is 21.2. The van der Waals surface area contributed by atoms with Crippen molar-refractivity contribution < 1.29 is 32.2 Å². The van der Waals surface area contributed by atoms with Gasteiger partial charge >= 0.3 is 12.2 Å². The summed E-state index contributed by atoms with van der Waals surface area (Å²) in [7, 11) is 0. The Morgan fingerprint density at radius 1 is 1.24 bits per heavy atom. The molecule has 9 nitrogen and oxygen atoms in total. The fourth-order valence-electron chi connectivity index (χ4n) is 5.53. The van der Waals surface area contributed by atoms with E-state index in [4.69, 9.17) is 30.8 Å². The van der Waals surface area contributed by atoms with E-state index in [1.807, 2.05) is 13.8 Å². The van der Waals surface area contributed by atoms with Crippen molar-refractivity contribution in [1.82, 2.24) is 9.97 Å². The lowest BCUT2D eigenvalue weighted by molar-refractivity contribution is -0.141. The van der Waals surface area contributed by atoms with Crippen molar-refractivity contribution in [3.05, 3.63) is 59.4 Å². The lowest BCUT2D eigenvalue weighted by Crippen LogP contribution is -2.56. The average molecular weight is 604 g/mol. The topological polar surface area (TPSA) is 89.1 Å². The molecule has 2 bridgehead atoms. The number of piperidine rings is 1. The summed E-state index contributed by atoms with van der Waals surface area (Å²) in [4.78, 5) is 26.3. The molecule has 0 spiro atoms. The van der Waals surface area contributed by atoms with E-state index < -0.39 is 23.6 Å². The fourth-order valence-corrected chi connectivity index (χ4v) is 5.78. The van der Waals surface area contributed by atoms with Crippen LogP contribution >= 0.6 is 11.6 Å². The summed E-state index contributed by atoms with van der Waals surface area (Å²) < 4.78 is 57.5. The zero-order chi connectivity index (χ0) is 29.6. The Labute approximate surface area is 245 Å². The number of amides is 2. The SMILES string of the molecule is CC1(C)OC[C@H](COc2cncc(NC(=O)N3c4nc(-c5cccc(C(F)(F)F)c5)c(Cl)cc4N4CCC[C@H]3C4)c2)O1. The van der Waals surface area contributed by atoms with Crippen LogP contribution in [0.4, 0.5) is 35.2 Å². The second-order valence-electron chi connectivity index (χ2n) is 11.0. The van der Waals surface area contributed by atoms with E-state index in [9.17, 15) is 18.0 Å². The molecule has 2 fully saturated rings. The fraction of sp³-hybridized carbons (Fsp3) is 0.414. The van der Waals surface area contributed by atoms with Crippen molar-refractivity contribution in [2.24, 2.45) is 0 Å². The first kappa shape index (κ1) is 28.5. The van der Waals surface area contributed by atoms with Gasteiger partial charge in [0.05, 0.1) is 52.7 Å². The number of fused-ring (bicyclic) bond motifs is 4. The second kappa shape index (κ2) is 10.9. The number of benzene rings is 1. The lowest BCUT2D eigenvalue weighted by atomic mass is 9.99. The predicted octanol–water partition coefficient (Wildman–Crippen LogP) is 6.37. The zero-order valence-corrected chi connectivity index (χ0v) is 23.7. The van der Waals surface area contributed by atoms with Crippen LogP contribution in [0.25, 0.3) is 11.3 Å². The molecule has 3 aromatic rings. The maximum atomic E-state index is 13.8. The molecule has 0 unspecified atom stereocenters. The van der Waals surface area contributed by atoms with Gasteiger partial charge in [0.1, 0.15) is 18.5 Å². The molecule has 2 amide bonds. The van der Waals surface area contributed by atoms with E-state index >= 15 is 0 Å². The molecule has 1 N–H and O–H groups in total. The summed E-state index contributed by atoms with van der Waals surface area (Å²) in [6.07, 6.45) is -0.113. The number of nitrogens with one attached hydrogen (secondary N) is 1. The number of anilines is 3. The summed E-state index contributed by atoms with van der Waals surface area (Å²) in [5.74, 6) is 0.114. The highest BCUT2D eigenvalue weighted by Crippen LogP contribution is 2.43. The number of urea groups is 1. The minimum absolute atomic E-state index is 0.166. The molecule has 2 aromatic heterocycles. The Kier molecular flexibility index (Phi) is 7.40. The van der Waals surface area contributed by atoms with Crippen LogP contribution in [-0.2, 0) is 15.7 Å². The molecule has 2 saturated heterocycles. The standard InChI is InChI=1S/C29H29ClF3N5O4/c1-28(2)41-16-22(42-28)15-40-21-10-19(12-34-13-21)35-27(39)38-20-7-4-8-37(14-20)24-11-23(30)25(36-26(24)38)17-5-3-6-18(9-17)29(31,32)33/h3,5-6,9-13,20,22H,4,7-8,14-16H2,1-2H3,(H,35,39)/t20-,22-/m0/s1. The third-order valence-corrected chi connectivity index (χ3v) is 7.70. The van der Waals surface area contributed by atoms with Gasteiger partial charge in [0.25, 0.3) is 0 Å². The molecule has 222 valence electrons. The molecule has 5 heterocycles. The van der Waals surface area contributed by atoms with Gasteiger partial charge < -0.3 is 24.4 Å². The first-order chi connectivity index (χ1) is 20.0. The van der Waals surface area contributed by atoms with E-state index in [2.05, 4.69) is 15.2 Å². The van der Waals surface area contributed by atoms with E-state index in [1.54, 1.807) is 17.0 Å². The number of pyridine rings is 2. The molecule has 0 radical (unpaired) electrons. The van der Waals surface area contributed by atoms with Crippen molar-refractivity contribution in [2.45, 2.75) is 50.8 Å². The number of rotatable bonds is 5. The molecule has 3 aliphatic heterocycles. The van der Waals surface area contributed by atoms with Crippen molar-refractivity contribution >= 4 is 34.8 Å². The number of nitrogens with zero attached hydrogens (tertiary/aromatic N) is 4. The lowest BCUT2D eigenvalue weighted by Gasteiger charge is -2.46. The minimum atomic E-state index is -4.52. The smallest absolute Gasteiger partial charge is 0.416 e. The molecular weight excluding hydrogens is 575 g/mol. The highest BCUT2D eigenvalue weighted by Gasteiger charge is 2.39. The highest BCUT2D eigenvalue weighted by molar-refractivity contribution is 6.33. The van der Waals surface area contributed by atoms with Crippen molar-refractivity contribution in [1.29, 1.82) is 0 Å². The van der Waals surface area contributed by atoms with Crippen LogP contribution in [0.2, 0.25) is 5.02 Å². The average Bonchev–Trinajstić information content (AvgIpc) is 3.30. The maximum absolute atomic E-state index is 13.8. The quantitative estimate of drug-likeness (QED) is 0.363. The Morgan fingerprint density at radius 3 is 2.83 bits per heavy atom. The van der Waals surface area contributed by atoms with Gasteiger partial charge in [-0.05, 0) is 44.9 Å². The van der Waals surface area contributed by atoms with Crippen LogP contribution in [0.15, 0.2) is 48.8 Å². The molecule has 0 aliphatic carbocycles. The molecular formula is C29H29ClF3N5O4. The van der Waals surface area contributed by atoms with Crippen LogP contribution in [0.1, 0.15) is 32.3 Å². The van der Waals surface area contributed by atoms with Crippen LogP contribution in [0.3, 0.4) is 0 Å². The van der Waals surface area contributed by atoms with Gasteiger partial charge in [0, 0.05) is 24.7 Å². The first-order valence-electron chi connectivity index (χ1n) is 13.6. The number of alkyl halides is 3. The van der Waals surface area contributed by atoms with Gasteiger partial charge in [0.2, 0.25) is 0 Å². The molecule has 42 heavy (non-hydrogen) atoms. The molecule has 6 rings (SSSR count). The van der Waals surface area contributed by atoms with Gasteiger partial charge in [-0.2, -0.15) is 13.2 Å². The van der Waals surface area contributed by atoms with Gasteiger partial charge in [-0.3, -0.25) is 9.88 Å². The summed E-state index contributed by atoms with van der Waals surface area (Å²) in [5, 5.41) is 3.09. The number of halogens is 4. The molecule has 13 heteroatoms. The van der Waals surface area contributed by atoms with Crippen molar-refractivity contribution in [3.8, 4) is 17.0 Å². The van der Waals surface area contributed by atoms with Crippen molar-refractivity contribution in [3.63, 3.8) is 0 Å². The summed E-state index contributed by atoms with van der Waals surface area (Å²) >= 11 is 6.58. The van der Waals surface area contributed by atoms with Gasteiger partial charge in [-0.1, -0.05) is 23.7 Å². The van der Waals surface area contributed by atoms with Gasteiger partial charge in [-0.15, -0.1) is 0 Å². The number of hydrogen-bond donors (Lipinski definition) is 1. The number of ether oxygens (including phenoxy) is 3. The van der Waals surface area contributed by atoms with E-state index in [0.29, 0.717) is 36.1 Å². The predicted molar refractivity (Wildman–Crippen MR) is 151 cm³/mol. The Hall–Kier alpha value is -3.61. The third kappa shape index (κ3) is 5.83. The Bertz CT molecular complexity index is 1500. The van der Waals surface area contributed by atoms with Crippen LogP contribution < -0.4 is 19.9 Å². The van der Waals surface area contributed by atoms with Crippen LogP contribution in [0.5, 0.6) is 5.75 Å². The highest BCUT2D eigenvalue weighted by atomic mass is 35.5. The number of carbonyl (C=O) groups excluding carboxylic acids is 1. The molecule has 3 aliphatic rings. The minimum Gasteiger partial charge on any atom is -0.489 e. The Balaban J connectivity index is 1.27. The second-order valence-corrected chi connectivity index (χ2v) is 11.4. The summed E-state index contributed by atoms with van der Waals surface area (Å²) in [6.45, 7) is 5.67. The number of carbonyl (C=O) groups is 1. The van der Waals surface area contributed by atoms with Gasteiger partial charge in [0.15, 0.2) is 11.6 Å². The molecule has 0 saturated carbocycles. The summed E-state index contributed by atoms with van der Waals surface area (Å²) in [5.41, 5.74) is 0.625. The molecule has 1 aromatic carbocycles. The first-order valence-corrected chi connectivity index (χ1v) is 14.0. The van der Waals surface area contributed by atoms with Gasteiger partial charge in [-0.25, -0.2) is 9.78 Å². The van der Waals surface area contributed by atoms with Crippen LogP contribution in [0, 0.1) is 0 Å². The number of aromatic nitrogens is 2. The zero-order valence-electron chi connectivity index (χ0n) is 22.9. The third-order valence-electron chi connectivity index (χ3n) is 7.42. The monoisotopic (exact) mass is 603 g/mol. The largest absolute Gasteiger partial charge is 0.489 e. The maximum Gasteiger partial charge on any atom is 0.416 e. The van der Waals surface area contributed by atoms with Crippen molar-refractivity contribution in [2.75, 3.05) is 41.4 Å². The molecule has 2 atom stereocenters. The summed E-state index contributed by atoms with van der Waals surface area (Å²) in [6, 6.07) is 7.53. The van der Waals surface area contributed by atoms with E-state index in [0.717, 1.165) is 31.5 Å². The van der Waals surface area contributed by atoms with Crippen LogP contribution in [-0.4, -0.2) is 60.2 Å². The van der Waals surface area contributed by atoms with E-state index in [-0.39, 0.29) is 35.0 Å². The Morgan fingerprint density at radius 2 is 2.07 bits per heavy atom.